The van der Waals surface area contributed by atoms with Crippen LogP contribution in [0.1, 0.15) is 19.8 Å². The lowest BCUT2D eigenvalue weighted by atomic mass is 10.3. The van der Waals surface area contributed by atoms with Gasteiger partial charge in [0, 0.05) is 6.04 Å². The smallest absolute Gasteiger partial charge is 0.348 e. The molecule has 88 valence electrons. The van der Waals surface area contributed by atoms with Crippen LogP contribution in [-0.4, -0.2) is 24.0 Å². The van der Waals surface area contributed by atoms with Crippen molar-refractivity contribution in [2.24, 2.45) is 5.92 Å². The summed E-state index contributed by atoms with van der Waals surface area (Å²) in [6.45, 7) is 1.78. The molecule has 7 heteroatoms. The van der Waals surface area contributed by atoms with Gasteiger partial charge in [0.25, 0.3) is 0 Å². The van der Waals surface area contributed by atoms with Gasteiger partial charge < -0.3 is 5.32 Å². The fraction of sp³-hybridized carbons (Fsp3) is 0.875. The van der Waals surface area contributed by atoms with Gasteiger partial charge in [0.15, 0.2) is 0 Å². The first-order valence-corrected chi connectivity index (χ1v) is 4.45. The van der Waals surface area contributed by atoms with E-state index in [9.17, 15) is 26.7 Å². The number of alkyl halides is 5. The molecule has 1 fully saturated rings. The molecule has 2 unspecified atom stereocenters. The normalized spacial score (nSPS) is 26.3. The van der Waals surface area contributed by atoms with Crippen LogP contribution < -0.4 is 5.32 Å². The lowest BCUT2D eigenvalue weighted by molar-refractivity contribution is -0.269. The molecule has 0 aliphatic heterocycles. The molecule has 1 amide bonds. The van der Waals surface area contributed by atoms with E-state index in [0.29, 0.717) is 12.8 Å². The molecular formula is C8H10F5NO. The van der Waals surface area contributed by atoms with Gasteiger partial charge in [-0.25, -0.2) is 0 Å². The number of hydrogen-bond acceptors (Lipinski definition) is 1. The van der Waals surface area contributed by atoms with Gasteiger partial charge in [-0.1, -0.05) is 13.3 Å². The van der Waals surface area contributed by atoms with Crippen molar-refractivity contribution in [3.05, 3.63) is 0 Å². The van der Waals surface area contributed by atoms with E-state index in [1.54, 1.807) is 12.2 Å². The molecule has 0 saturated heterocycles. The summed E-state index contributed by atoms with van der Waals surface area (Å²) in [5, 5.41) is 1.69. The van der Waals surface area contributed by atoms with Gasteiger partial charge in [-0.15, -0.1) is 0 Å². The third-order valence-corrected chi connectivity index (χ3v) is 2.40. The molecule has 15 heavy (non-hydrogen) atoms. The summed E-state index contributed by atoms with van der Waals surface area (Å²) in [7, 11) is 0. The second-order valence-corrected chi connectivity index (χ2v) is 3.56. The van der Waals surface area contributed by atoms with Gasteiger partial charge in [-0.3, -0.25) is 4.79 Å². The zero-order valence-electron chi connectivity index (χ0n) is 7.87. The number of nitrogens with one attached hydrogen (secondary N) is 1. The van der Waals surface area contributed by atoms with Crippen LogP contribution in [0.2, 0.25) is 0 Å². The van der Waals surface area contributed by atoms with Crippen LogP contribution >= 0.6 is 0 Å². The van der Waals surface area contributed by atoms with Gasteiger partial charge in [0.05, 0.1) is 0 Å². The summed E-state index contributed by atoms with van der Waals surface area (Å²) in [6.07, 6.45) is -4.70. The van der Waals surface area contributed by atoms with Crippen molar-refractivity contribution in [3.8, 4) is 0 Å². The summed E-state index contributed by atoms with van der Waals surface area (Å²) in [5.41, 5.74) is 0. The quantitative estimate of drug-likeness (QED) is 0.740. The molecule has 0 heterocycles. The molecule has 0 radical (unpaired) electrons. The number of hydrogen-bond donors (Lipinski definition) is 1. The second-order valence-electron chi connectivity index (χ2n) is 3.56. The van der Waals surface area contributed by atoms with E-state index >= 15 is 0 Å². The molecule has 1 aliphatic rings. The lowest BCUT2D eigenvalue weighted by Crippen LogP contribution is -2.51. The predicted molar refractivity (Wildman–Crippen MR) is 41.3 cm³/mol. The molecule has 0 aromatic carbocycles. The molecule has 1 rings (SSSR count). The molecule has 0 spiro atoms. The van der Waals surface area contributed by atoms with Crippen LogP contribution in [0.15, 0.2) is 0 Å². The van der Waals surface area contributed by atoms with Crippen molar-refractivity contribution in [1.29, 1.82) is 0 Å². The van der Waals surface area contributed by atoms with Crippen LogP contribution in [0.5, 0.6) is 0 Å². The van der Waals surface area contributed by atoms with Gasteiger partial charge in [0.1, 0.15) is 0 Å². The molecule has 2 nitrogen and oxygen atoms in total. The summed E-state index contributed by atoms with van der Waals surface area (Å²) in [5.74, 6) is -7.53. The zero-order valence-corrected chi connectivity index (χ0v) is 7.87. The van der Waals surface area contributed by atoms with E-state index in [-0.39, 0.29) is 5.92 Å². The number of halogens is 5. The Bertz CT molecular complexity index is 262. The van der Waals surface area contributed by atoms with Crippen LogP contribution in [0.3, 0.4) is 0 Å². The van der Waals surface area contributed by atoms with E-state index in [0.717, 1.165) is 0 Å². The van der Waals surface area contributed by atoms with E-state index < -0.39 is 24.0 Å². The van der Waals surface area contributed by atoms with Gasteiger partial charge >= 0.3 is 18.0 Å². The second kappa shape index (κ2) is 3.61. The molecule has 0 aromatic rings. The minimum atomic E-state index is -5.83. The Morgan fingerprint density at radius 1 is 1.33 bits per heavy atom. The molecular weight excluding hydrogens is 221 g/mol. The summed E-state index contributed by atoms with van der Waals surface area (Å²) in [4.78, 5) is 10.6. The van der Waals surface area contributed by atoms with Gasteiger partial charge in [0.2, 0.25) is 0 Å². The highest BCUT2D eigenvalue weighted by molar-refractivity contribution is 5.84. The van der Waals surface area contributed by atoms with Crippen molar-refractivity contribution in [2.75, 3.05) is 0 Å². The van der Waals surface area contributed by atoms with Gasteiger partial charge in [-0.05, 0) is 12.3 Å². The molecule has 1 saturated carbocycles. The highest BCUT2D eigenvalue weighted by Gasteiger charge is 2.64. The first-order chi connectivity index (χ1) is 6.70. The largest absolute Gasteiger partial charge is 0.463 e. The first-order valence-electron chi connectivity index (χ1n) is 4.45. The summed E-state index contributed by atoms with van der Waals surface area (Å²) < 4.78 is 60.0. The maximum Gasteiger partial charge on any atom is 0.463 e. The highest BCUT2D eigenvalue weighted by Crippen LogP contribution is 2.38. The van der Waals surface area contributed by atoms with Crippen molar-refractivity contribution in [1.82, 2.24) is 5.32 Å². The Labute approximate surface area is 82.8 Å². The molecule has 1 N–H and O–H groups in total. The lowest BCUT2D eigenvalue weighted by Gasteiger charge is -2.18. The van der Waals surface area contributed by atoms with E-state index in [2.05, 4.69) is 0 Å². The third kappa shape index (κ3) is 2.38. The predicted octanol–water partition coefficient (Wildman–Crippen LogP) is 2.10. The zero-order chi connectivity index (χ0) is 11.9. The van der Waals surface area contributed by atoms with Crippen LogP contribution in [0, 0.1) is 5.92 Å². The summed E-state index contributed by atoms with van der Waals surface area (Å²) >= 11 is 0. The fourth-order valence-corrected chi connectivity index (χ4v) is 1.26. The molecule has 0 bridgehead atoms. The first kappa shape index (κ1) is 12.2. The van der Waals surface area contributed by atoms with Crippen LogP contribution in [0.4, 0.5) is 22.0 Å². The Morgan fingerprint density at radius 3 is 2.20 bits per heavy atom. The SMILES string of the molecule is CCC1CC1NC(=O)C(F)(F)C(F)(F)F. The Hall–Kier alpha value is -0.880. The number of amides is 1. The highest BCUT2D eigenvalue weighted by atomic mass is 19.4. The number of rotatable bonds is 3. The molecule has 2 atom stereocenters. The van der Waals surface area contributed by atoms with Crippen molar-refractivity contribution in [2.45, 2.75) is 37.9 Å². The van der Waals surface area contributed by atoms with Crippen molar-refractivity contribution >= 4 is 5.91 Å². The molecule has 0 aromatic heterocycles. The Balaban J connectivity index is 2.54. The topological polar surface area (TPSA) is 29.1 Å². The average molecular weight is 231 g/mol. The van der Waals surface area contributed by atoms with E-state index in [4.69, 9.17) is 0 Å². The average Bonchev–Trinajstić information content (AvgIpc) is 2.81. The van der Waals surface area contributed by atoms with Crippen molar-refractivity contribution in [3.63, 3.8) is 0 Å². The fourth-order valence-electron chi connectivity index (χ4n) is 1.26. The Morgan fingerprint density at radius 2 is 1.87 bits per heavy atom. The van der Waals surface area contributed by atoms with Crippen LogP contribution in [0.25, 0.3) is 0 Å². The maximum atomic E-state index is 12.4. The van der Waals surface area contributed by atoms with Gasteiger partial charge in [-0.2, -0.15) is 22.0 Å². The maximum absolute atomic E-state index is 12.4. The standard InChI is InChI=1S/C8H10F5NO/c1-2-4-3-5(4)14-6(15)7(9,10)8(11,12)13/h4-5H,2-3H2,1H3,(H,14,15). The molecule has 1 aliphatic carbocycles. The summed E-state index contributed by atoms with van der Waals surface area (Å²) in [6, 6.07) is -0.532. The number of carbonyl (C=O) groups is 1. The van der Waals surface area contributed by atoms with E-state index in [1.807, 2.05) is 0 Å². The Kier molecular flexibility index (Phi) is 2.93. The van der Waals surface area contributed by atoms with Crippen molar-refractivity contribution < 1.29 is 26.7 Å². The monoisotopic (exact) mass is 231 g/mol. The minimum Gasteiger partial charge on any atom is -0.348 e. The third-order valence-electron chi connectivity index (χ3n) is 2.40. The minimum absolute atomic E-state index is 0.0259. The van der Waals surface area contributed by atoms with E-state index in [1.165, 1.54) is 0 Å². The van der Waals surface area contributed by atoms with Crippen LogP contribution in [-0.2, 0) is 4.79 Å². The number of carbonyl (C=O) groups excluding carboxylic acids is 1.